The maximum absolute atomic E-state index is 11.0. The Labute approximate surface area is 110 Å². The van der Waals surface area contributed by atoms with Crippen LogP contribution in [0.25, 0.3) is 0 Å². The van der Waals surface area contributed by atoms with Gasteiger partial charge in [0.25, 0.3) is 5.69 Å². The summed E-state index contributed by atoms with van der Waals surface area (Å²) < 4.78 is 4.37. The standard InChI is InChI=1S/C10H9BrN2O5/c1-18-10(15)12-6-2-3-7(8(11)5-14)9(4-6)13(16)17/h2-5,8H,1H3,(H,12,15). The Morgan fingerprint density at radius 2 is 2.28 bits per heavy atom. The fourth-order valence-electron chi connectivity index (χ4n) is 1.25. The number of hydrogen-bond acceptors (Lipinski definition) is 5. The van der Waals surface area contributed by atoms with E-state index in [2.05, 4.69) is 26.0 Å². The zero-order valence-electron chi connectivity index (χ0n) is 9.25. The molecule has 0 spiro atoms. The van der Waals surface area contributed by atoms with Gasteiger partial charge in [-0.3, -0.25) is 15.4 Å². The van der Waals surface area contributed by atoms with Crippen LogP contribution in [0.5, 0.6) is 0 Å². The summed E-state index contributed by atoms with van der Waals surface area (Å²) in [7, 11) is 1.18. The molecule has 96 valence electrons. The van der Waals surface area contributed by atoms with E-state index in [1.165, 1.54) is 19.2 Å². The number of anilines is 1. The average Bonchev–Trinajstić information content (AvgIpc) is 2.37. The molecule has 0 aliphatic heterocycles. The van der Waals surface area contributed by atoms with Gasteiger partial charge in [0, 0.05) is 6.07 Å². The first-order chi connectivity index (χ1) is 8.49. The van der Waals surface area contributed by atoms with E-state index in [4.69, 9.17) is 0 Å². The van der Waals surface area contributed by atoms with Crippen LogP contribution in [0.4, 0.5) is 16.2 Å². The Bertz CT molecular complexity index is 491. The van der Waals surface area contributed by atoms with Crippen molar-refractivity contribution in [1.82, 2.24) is 0 Å². The minimum Gasteiger partial charge on any atom is -0.453 e. The molecule has 0 saturated heterocycles. The van der Waals surface area contributed by atoms with Gasteiger partial charge in [0.2, 0.25) is 0 Å². The van der Waals surface area contributed by atoms with E-state index in [9.17, 15) is 19.7 Å². The molecule has 7 nitrogen and oxygen atoms in total. The summed E-state index contributed by atoms with van der Waals surface area (Å²) in [6.07, 6.45) is -0.196. The number of halogens is 1. The van der Waals surface area contributed by atoms with Gasteiger partial charge in [-0.25, -0.2) is 4.79 Å². The van der Waals surface area contributed by atoms with Crippen LogP contribution in [-0.4, -0.2) is 24.4 Å². The molecule has 0 heterocycles. The maximum Gasteiger partial charge on any atom is 0.411 e. The number of aldehydes is 1. The quantitative estimate of drug-likeness (QED) is 0.398. The topological polar surface area (TPSA) is 98.5 Å². The van der Waals surface area contributed by atoms with E-state index in [1.807, 2.05) is 0 Å². The van der Waals surface area contributed by atoms with Crippen molar-refractivity contribution >= 4 is 39.7 Å². The lowest BCUT2D eigenvalue weighted by Gasteiger charge is -2.07. The van der Waals surface area contributed by atoms with Gasteiger partial charge in [-0.2, -0.15) is 0 Å². The number of carbonyl (C=O) groups is 2. The van der Waals surface area contributed by atoms with Gasteiger partial charge in [0.15, 0.2) is 0 Å². The van der Waals surface area contributed by atoms with Crippen molar-refractivity contribution in [3.05, 3.63) is 33.9 Å². The van der Waals surface area contributed by atoms with Crippen molar-refractivity contribution in [3.63, 3.8) is 0 Å². The number of ether oxygens (including phenoxy) is 1. The van der Waals surface area contributed by atoms with Crippen LogP contribution >= 0.6 is 15.9 Å². The summed E-state index contributed by atoms with van der Waals surface area (Å²) in [5, 5.41) is 13.2. The fourth-order valence-corrected chi connectivity index (χ4v) is 1.64. The van der Waals surface area contributed by atoms with Gasteiger partial charge >= 0.3 is 6.09 Å². The molecular formula is C10H9BrN2O5. The first-order valence-electron chi connectivity index (χ1n) is 4.72. The molecule has 1 aromatic rings. The van der Waals surface area contributed by atoms with Gasteiger partial charge < -0.3 is 9.53 Å². The van der Waals surface area contributed by atoms with E-state index in [-0.39, 0.29) is 16.9 Å². The highest BCUT2D eigenvalue weighted by Crippen LogP contribution is 2.31. The third-order valence-corrected chi connectivity index (χ3v) is 2.78. The fraction of sp³-hybridized carbons (Fsp3) is 0.200. The Morgan fingerprint density at radius 3 is 2.78 bits per heavy atom. The highest BCUT2D eigenvalue weighted by Gasteiger charge is 2.20. The zero-order valence-corrected chi connectivity index (χ0v) is 10.8. The zero-order chi connectivity index (χ0) is 13.7. The second-order valence-electron chi connectivity index (χ2n) is 3.19. The summed E-state index contributed by atoms with van der Waals surface area (Å²) in [4.78, 5) is 31.1. The largest absolute Gasteiger partial charge is 0.453 e. The second-order valence-corrected chi connectivity index (χ2v) is 4.17. The SMILES string of the molecule is COC(=O)Nc1ccc(C(Br)C=O)c([N+](=O)[O-])c1. The van der Waals surface area contributed by atoms with Crippen LogP contribution in [0.2, 0.25) is 0 Å². The number of benzene rings is 1. The lowest BCUT2D eigenvalue weighted by atomic mass is 10.1. The average molecular weight is 317 g/mol. The second kappa shape index (κ2) is 6.10. The number of rotatable bonds is 4. The molecular weight excluding hydrogens is 308 g/mol. The van der Waals surface area contributed by atoms with E-state index in [0.29, 0.717) is 6.29 Å². The van der Waals surface area contributed by atoms with Crippen molar-refractivity contribution in [1.29, 1.82) is 0 Å². The number of nitrogens with one attached hydrogen (secondary N) is 1. The van der Waals surface area contributed by atoms with Crippen LogP contribution in [0.3, 0.4) is 0 Å². The summed E-state index contributed by atoms with van der Waals surface area (Å²) in [6, 6.07) is 3.98. The van der Waals surface area contributed by atoms with E-state index < -0.39 is 15.8 Å². The van der Waals surface area contributed by atoms with Crippen LogP contribution in [0, 0.1) is 10.1 Å². The smallest absolute Gasteiger partial charge is 0.411 e. The maximum atomic E-state index is 11.0. The van der Waals surface area contributed by atoms with E-state index in [1.54, 1.807) is 0 Å². The van der Waals surface area contributed by atoms with Gasteiger partial charge in [-0.15, -0.1) is 0 Å². The van der Waals surface area contributed by atoms with Crippen LogP contribution < -0.4 is 5.32 Å². The number of nitrogens with zero attached hydrogens (tertiary/aromatic N) is 1. The minimum atomic E-state index is -0.773. The number of methoxy groups -OCH3 is 1. The first-order valence-corrected chi connectivity index (χ1v) is 5.63. The molecule has 1 N–H and O–H groups in total. The minimum absolute atomic E-state index is 0.211. The number of nitro groups is 1. The molecule has 0 fully saturated rings. The third-order valence-electron chi connectivity index (χ3n) is 2.08. The summed E-state index contributed by atoms with van der Waals surface area (Å²) in [5.74, 6) is 0. The molecule has 18 heavy (non-hydrogen) atoms. The predicted octanol–water partition coefficient (Wildman–Crippen LogP) is 2.41. The van der Waals surface area contributed by atoms with Crippen molar-refractivity contribution in [2.24, 2.45) is 0 Å². The summed E-state index contributed by atoms with van der Waals surface area (Å²) in [5.41, 5.74) is 0.159. The predicted molar refractivity (Wildman–Crippen MR) is 66.9 cm³/mol. The molecule has 0 saturated carbocycles. The molecule has 8 heteroatoms. The monoisotopic (exact) mass is 316 g/mol. The van der Waals surface area contributed by atoms with Gasteiger partial charge in [-0.05, 0) is 12.1 Å². The Hall–Kier alpha value is -1.96. The van der Waals surface area contributed by atoms with Gasteiger partial charge in [-0.1, -0.05) is 15.9 Å². The lowest BCUT2D eigenvalue weighted by molar-refractivity contribution is -0.385. The lowest BCUT2D eigenvalue weighted by Crippen LogP contribution is -2.11. The Morgan fingerprint density at radius 1 is 1.61 bits per heavy atom. The number of amides is 1. The van der Waals surface area contributed by atoms with Crippen molar-refractivity contribution < 1.29 is 19.2 Å². The Balaban J connectivity index is 3.15. The van der Waals surface area contributed by atoms with E-state index >= 15 is 0 Å². The van der Waals surface area contributed by atoms with Gasteiger partial charge in [0.1, 0.15) is 11.1 Å². The molecule has 1 atom stereocenters. The summed E-state index contributed by atoms with van der Waals surface area (Å²) in [6.45, 7) is 0. The third kappa shape index (κ3) is 3.27. The summed E-state index contributed by atoms with van der Waals surface area (Å²) >= 11 is 3.01. The van der Waals surface area contributed by atoms with Crippen LogP contribution in [0.1, 0.15) is 10.4 Å². The normalized spacial score (nSPS) is 11.4. The highest BCUT2D eigenvalue weighted by atomic mass is 79.9. The van der Waals surface area contributed by atoms with Crippen LogP contribution in [-0.2, 0) is 9.53 Å². The van der Waals surface area contributed by atoms with E-state index in [0.717, 1.165) is 6.07 Å². The molecule has 0 radical (unpaired) electrons. The molecule has 0 aliphatic carbocycles. The van der Waals surface area contributed by atoms with Crippen molar-refractivity contribution in [2.75, 3.05) is 12.4 Å². The Kier molecular flexibility index (Phi) is 4.78. The molecule has 0 bridgehead atoms. The van der Waals surface area contributed by atoms with Crippen LogP contribution in [0.15, 0.2) is 18.2 Å². The number of hydrogen-bond donors (Lipinski definition) is 1. The molecule has 1 unspecified atom stereocenters. The van der Waals surface area contributed by atoms with Gasteiger partial charge in [0.05, 0.1) is 23.3 Å². The molecule has 1 rings (SSSR count). The van der Waals surface area contributed by atoms with Crippen molar-refractivity contribution in [3.8, 4) is 0 Å². The number of nitro benzene ring substituents is 1. The molecule has 0 aliphatic rings. The molecule has 1 aromatic carbocycles. The highest BCUT2D eigenvalue weighted by molar-refractivity contribution is 9.09. The first kappa shape index (κ1) is 14.1. The number of carbonyl (C=O) groups excluding carboxylic acids is 2. The van der Waals surface area contributed by atoms with Crippen molar-refractivity contribution in [2.45, 2.75) is 4.83 Å². The molecule has 1 amide bonds. The number of alkyl halides is 1. The molecule has 0 aromatic heterocycles.